The number of aliphatic hydroxyl groups excluding tert-OH is 1. The van der Waals surface area contributed by atoms with Crippen molar-refractivity contribution in [2.24, 2.45) is 0 Å². The summed E-state index contributed by atoms with van der Waals surface area (Å²) in [6, 6.07) is 3.58. The molecule has 0 atom stereocenters. The van der Waals surface area contributed by atoms with E-state index in [-0.39, 0.29) is 17.9 Å². The lowest BCUT2D eigenvalue weighted by Gasteiger charge is -2.26. The molecule has 1 aromatic rings. The topological polar surface area (TPSA) is 66.6 Å². The minimum atomic E-state index is -4.42. The minimum absolute atomic E-state index is 0.191. The lowest BCUT2D eigenvalue weighted by atomic mass is 10.2. The second kappa shape index (κ2) is 6.37. The van der Waals surface area contributed by atoms with Crippen LogP contribution in [0.15, 0.2) is 18.2 Å². The zero-order valence-electron chi connectivity index (χ0n) is 9.52. The number of non-ortho nitro benzene ring substituents is 1. The molecule has 0 unspecified atom stereocenters. The molecule has 1 rings (SSSR count). The van der Waals surface area contributed by atoms with Gasteiger partial charge in [0.1, 0.15) is 6.54 Å². The average Bonchev–Trinajstić information content (AvgIpc) is 2.26. The highest BCUT2D eigenvalue weighted by molar-refractivity contribution is 14.1. The summed E-state index contributed by atoms with van der Waals surface area (Å²) in [5.74, 6) is 0. The molecule has 0 amide bonds. The molecule has 0 radical (unpaired) electrons. The van der Waals surface area contributed by atoms with E-state index in [9.17, 15) is 23.3 Å². The van der Waals surface area contributed by atoms with Gasteiger partial charge in [0.05, 0.1) is 17.2 Å². The number of nitro groups is 1. The van der Waals surface area contributed by atoms with Gasteiger partial charge in [0.15, 0.2) is 0 Å². The lowest BCUT2D eigenvalue weighted by Crippen LogP contribution is -2.36. The fraction of sp³-hybridized carbons (Fsp3) is 0.400. The van der Waals surface area contributed by atoms with Crippen LogP contribution < -0.4 is 4.90 Å². The van der Waals surface area contributed by atoms with Crippen LogP contribution in [0.25, 0.3) is 0 Å². The number of alkyl halides is 3. The predicted molar refractivity (Wildman–Crippen MR) is 71.2 cm³/mol. The molecule has 0 aliphatic rings. The van der Waals surface area contributed by atoms with Gasteiger partial charge < -0.3 is 10.0 Å². The minimum Gasteiger partial charge on any atom is -0.395 e. The van der Waals surface area contributed by atoms with Crippen LogP contribution in [0.1, 0.15) is 0 Å². The Hall–Kier alpha value is -1.10. The van der Waals surface area contributed by atoms with Crippen molar-refractivity contribution in [1.29, 1.82) is 0 Å². The van der Waals surface area contributed by atoms with Crippen molar-refractivity contribution >= 4 is 34.0 Å². The van der Waals surface area contributed by atoms with E-state index < -0.39 is 24.3 Å². The number of hydrogen-bond donors (Lipinski definition) is 1. The van der Waals surface area contributed by atoms with Crippen LogP contribution in [0, 0.1) is 13.7 Å². The molecule has 0 aromatic heterocycles. The Bertz CT molecular complexity index is 468. The van der Waals surface area contributed by atoms with Gasteiger partial charge in [-0.3, -0.25) is 10.1 Å². The quantitative estimate of drug-likeness (QED) is 0.477. The third kappa shape index (κ3) is 4.82. The van der Waals surface area contributed by atoms with Crippen LogP contribution in [-0.2, 0) is 0 Å². The SMILES string of the molecule is O=[N+]([O-])c1ccc(N(CCO)CC(F)(F)F)c(I)c1. The van der Waals surface area contributed by atoms with Gasteiger partial charge in [-0.1, -0.05) is 0 Å². The van der Waals surface area contributed by atoms with Gasteiger partial charge in [-0.15, -0.1) is 0 Å². The molecule has 9 heteroatoms. The van der Waals surface area contributed by atoms with Crippen molar-refractivity contribution in [1.82, 2.24) is 0 Å². The van der Waals surface area contributed by atoms with Gasteiger partial charge >= 0.3 is 6.18 Å². The molecule has 0 saturated heterocycles. The fourth-order valence-corrected chi connectivity index (χ4v) is 2.33. The summed E-state index contributed by atoms with van der Waals surface area (Å²) in [4.78, 5) is 10.9. The maximum atomic E-state index is 12.4. The van der Waals surface area contributed by atoms with Crippen molar-refractivity contribution in [3.8, 4) is 0 Å². The Morgan fingerprint density at radius 2 is 2.05 bits per heavy atom. The number of nitro benzene ring substituents is 1. The van der Waals surface area contributed by atoms with E-state index in [1.165, 1.54) is 12.1 Å². The molecule has 0 saturated carbocycles. The first kappa shape index (κ1) is 16.0. The summed E-state index contributed by atoms with van der Waals surface area (Å²) < 4.78 is 37.6. The van der Waals surface area contributed by atoms with Crippen LogP contribution in [0.2, 0.25) is 0 Å². The normalized spacial score (nSPS) is 11.4. The molecule has 0 heterocycles. The highest BCUT2D eigenvalue weighted by atomic mass is 127. The molecular formula is C10H10F3IN2O3. The molecule has 0 aliphatic carbocycles. The molecule has 19 heavy (non-hydrogen) atoms. The summed E-state index contributed by atoms with van der Waals surface area (Å²) >= 11 is 1.73. The molecule has 106 valence electrons. The highest BCUT2D eigenvalue weighted by Crippen LogP contribution is 2.29. The van der Waals surface area contributed by atoms with Crippen LogP contribution in [0.4, 0.5) is 24.5 Å². The van der Waals surface area contributed by atoms with Gasteiger partial charge in [0, 0.05) is 22.2 Å². The molecule has 0 aliphatic heterocycles. The average molecular weight is 390 g/mol. The standard InChI is InChI=1S/C10H10F3IN2O3/c11-10(12,13)6-15(3-4-17)9-2-1-7(16(18)19)5-8(9)14/h1-2,5,17H,3-4,6H2. The van der Waals surface area contributed by atoms with Crippen molar-refractivity contribution < 1.29 is 23.2 Å². The number of benzene rings is 1. The van der Waals surface area contributed by atoms with E-state index in [1.54, 1.807) is 22.6 Å². The number of hydrogen-bond acceptors (Lipinski definition) is 4. The van der Waals surface area contributed by atoms with Crippen molar-refractivity contribution in [2.45, 2.75) is 6.18 Å². The van der Waals surface area contributed by atoms with Crippen LogP contribution in [0.3, 0.4) is 0 Å². The van der Waals surface area contributed by atoms with E-state index >= 15 is 0 Å². The third-order valence-corrected chi connectivity index (χ3v) is 3.09. The maximum absolute atomic E-state index is 12.4. The molecule has 0 fully saturated rings. The van der Waals surface area contributed by atoms with E-state index in [0.29, 0.717) is 3.57 Å². The predicted octanol–water partition coefficient (Wildman–Crippen LogP) is 2.56. The smallest absolute Gasteiger partial charge is 0.395 e. The Labute approximate surface area is 120 Å². The fourth-order valence-electron chi connectivity index (χ4n) is 1.49. The Balaban J connectivity index is 3.06. The summed E-state index contributed by atoms with van der Waals surface area (Å²) in [5, 5.41) is 19.4. The molecule has 1 N–H and O–H groups in total. The zero-order valence-corrected chi connectivity index (χ0v) is 11.7. The monoisotopic (exact) mass is 390 g/mol. The maximum Gasteiger partial charge on any atom is 0.405 e. The molecule has 0 spiro atoms. The molecule has 0 bridgehead atoms. The molecular weight excluding hydrogens is 380 g/mol. The number of nitrogens with zero attached hydrogens (tertiary/aromatic N) is 2. The number of halogens is 4. The van der Waals surface area contributed by atoms with Crippen LogP contribution in [-0.4, -0.2) is 35.9 Å². The summed E-state index contributed by atoms with van der Waals surface area (Å²) in [6.07, 6.45) is -4.42. The van der Waals surface area contributed by atoms with Crippen molar-refractivity contribution in [2.75, 3.05) is 24.6 Å². The Morgan fingerprint density at radius 3 is 2.47 bits per heavy atom. The van der Waals surface area contributed by atoms with E-state index in [0.717, 1.165) is 11.0 Å². The lowest BCUT2D eigenvalue weighted by molar-refractivity contribution is -0.384. The summed E-state index contributed by atoms with van der Waals surface area (Å²) in [6.45, 7) is -1.86. The highest BCUT2D eigenvalue weighted by Gasteiger charge is 2.31. The largest absolute Gasteiger partial charge is 0.405 e. The summed E-state index contributed by atoms with van der Waals surface area (Å²) in [7, 11) is 0. The first-order valence-corrected chi connectivity index (χ1v) is 6.19. The molecule has 1 aromatic carbocycles. The third-order valence-electron chi connectivity index (χ3n) is 2.22. The second-order valence-corrected chi connectivity index (χ2v) is 4.82. The van der Waals surface area contributed by atoms with Gasteiger partial charge in [0.2, 0.25) is 0 Å². The first-order chi connectivity index (χ1) is 8.74. The second-order valence-electron chi connectivity index (χ2n) is 3.65. The number of rotatable bonds is 5. The summed E-state index contributed by atoms with van der Waals surface area (Å²) in [5.41, 5.74) is 0.0154. The van der Waals surface area contributed by atoms with Crippen LogP contribution in [0.5, 0.6) is 0 Å². The van der Waals surface area contributed by atoms with Crippen LogP contribution >= 0.6 is 22.6 Å². The van der Waals surface area contributed by atoms with Crippen molar-refractivity contribution in [3.05, 3.63) is 31.9 Å². The van der Waals surface area contributed by atoms with Gasteiger partial charge in [0.25, 0.3) is 5.69 Å². The van der Waals surface area contributed by atoms with E-state index in [2.05, 4.69) is 0 Å². The Kier molecular flexibility index (Phi) is 5.35. The van der Waals surface area contributed by atoms with Gasteiger partial charge in [-0.05, 0) is 28.7 Å². The number of aliphatic hydroxyl groups is 1. The Morgan fingerprint density at radius 1 is 1.42 bits per heavy atom. The zero-order chi connectivity index (χ0) is 14.6. The van der Waals surface area contributed by atoms with E-state index in [4.69, 9.17) is 5.11 Å². The van der Waals surface area contributed by atoms with Crippen molar-refractivity contribution in [3.63, 3.8) is 0 Å². The van der Waals surface area contributed by atoms with E-state index in [1.807, 2.05) is 0 Å². The van der Waals surface area contributed by atoms with Gasteiger partial charge in [-0.2, -0.15) is 13.2 Å². The molecule has 5 nitrogen and oxygen atoms in total. The van der Waals surface area contributed by atoms with Gasteiger partial charge in [-0.25, -0.2) is 0 Å². The first-order valence-electron chi connectivity index (χ1n) is 5.11. The number of anilines is 1.